The smallest absolute Gasteiger partial charge is 0.251 e. The van der Waals surface area contributed by atoms with Gasteiger partial charge in [0, 0.05) is 43.1 Å². The molecule has 0 bridgehead atoms. The zero-order valence-corrected chi connectivity index (χ0v) is 18.3. The molecule has 2 aromatic rings. The minimum absolute atomic E-state index is 0.0385. The van der Waals surface area contributed by atoms with E-state index in [0.717, 1.165) is 37.4 Å². The highest BCUT2D eigenvalue weighted by Crippen LogP contribution is 2.25. The van der Waals surface area contributed by atoms with E-state index in [9.17, 15) is 9.59 Å². The van der Waals surface area contributed by atoms with E-state index in [4.69, 9.17) is 0 Å². The highest BCUT2D eigenvalue weighted by atomic mass is 16.2. The first-order chi connectivity index (χ1) is 14.3. The van der Waals surface area contributed by atoms with Crippen LogP contribution in [-0.2, 0) is 4.79 Å². The van der Waals surface area contributed by atoms with E-state index in [-0.39, 0.29) is 17.7 Å². The van der Waals surface area contributed by atoms with Crippen LogP contribution in [0.3, 0.4) is 0 Å². The molecule has 3 rings (SSSR count). The molecule has 0 radical (unpaired) electrons. The highest BCUT2D eigenvalue weighted by molar-refractivity contribution is 6.01. The van der Waals surface area contributed by atoms with Crippen LogP contribution >= 0.6 is 0 Å². The standard InChI is InChI=1S/C24H32N4O2/c1-17(2)22(26-23(29)19-8-6-5-7-9-19)24(30)25-20-10-11-21(18(3)16-20)28-14-12-27(4)13-15-28/h5-11,16-17,22H,12-15H2,1-4H3,(H,25,30)(H,26,29). The lowest BCUT2D eigenvalue weighted by Gasteiger charge is -2.35. The summed E-state index contributed by atoms with van der Waals surface area (Å²) in [5.74, 6) is -0.490. The number of carbonyl (C=O) groups excluding carboxylic acids is 2. The maximum atomic E-state index is 12.9. The molecule has 1 atom stereocenters. The Balaban J connectivity index is 1.67. The van der Waals surface area contributed by atoms with Gasteiger partial charge in [0.15, 0.2) is 0 Å². The van der Waals surface area contributed by atoms with Crippen molar-refractivity contribution in [1.29, 1.82) is 0 Å². The molecule has 2 aromatic carbocycles. The van der Waals surface area contributed by atoms with Crippen LogP contribution in [0.25, 0.3) is 0 Å². The second-order valence-corrected chi connectivity index (χ2v) is 8.34. The molecule has 0 spiro atoms. The van der Waals surface area contributed by atoms with Crippen LogP contribution in [0.15, 0.2) is 48.5 Å². The summed E-state index contributed by atoms with van der Waals surface area (Å²) in [6.45, 7) is 10.0. The first kappa shape index (κ1) is 21.8. The number of amides is 2. The van der Waals surface area contributed by atoms with Gasteiger partial charge in [0.05, 0.1) is 0 Å². The molecule has 0 aliphatic carbocycles. The zero-order chi connectivity index (χ0) is 21.7. The van der Waals surface area contributed by atoms with Crippen LogP contribution in [0.5, 0.6) is 0 Å². The largest absolute Gasteiger partial charge is 0.369 e. The number of nitrogens with one attached hydrogen (secondary N) is 2. The molecule has 0 aromatic heterocycles. The number of carbonyl (C=O) groups is 2. The summed E-state index contributed by atoms with van der Waals surface area (Å²) < 4.78 is 0. The van der Waals surface area contributed by atoms with Crippen LogP contribution in [0.2, 0.25) is 0 Å². The van der Waals surface area contributed by atoms with Crippen LogP contribution < -0.4 is 15.5 Å². The summed E-state index contributed by atoms with van der Waals surface area (Å²) in [5.41, 5.74) is 3.63. The number of anilines is 2. The first-order valence-corrected chi connectivity index (χ1v) is 10.6. The predicted octanol–water partition coefficient (Wildman–Crippen LogP) is 3.14. The SMILES string of the molecule is Cc1cc(NC(=O)C(NC(=O)c2ccccc2)C(C)C)ccc1N1CCN(C)CC1. The summed E-state index contributed by atoms with van der Waals surface area (Å²) in [6.07, 6.45) is 0. The Labute approximate surface area is 179 Å². The van der Waals surface area contributed by atoms with Crippen molar-refractivity contribution in [3.8, 4) is 0 Å². The Morgan fingerprint density at radius 3 is 2.23 bits per heavy atom. The molecule has 6 nitrogen and oxygen atoms in total. The summed E-state index contributed by atoms with van der Waals surface area (Å²) >= 11 is 0. The summed E-state index contributed by atoms with van der Waals surface area (Å²) in [5, 5.41) is 5.85. The van der Waals surface area contributed by atoms with Crippen molar-refractivity contribution in [3.63, 3.8) is 0 Å². The van der Waals surface area contributed by atoms with Crippen LogP contribution in [0, 0.1) is 12.8 Å². The lowest BCUT2D eigenvalue weighted by Crippen LogP contribution is -2.47. The molecule has 2 N–H and O–H groups in total. The number of aryl methyl sites for hydroxylation is 1. The molecule has 1 aliphatic rings. The molecular formula is C24H32N4O2. The minimum Gasteiger partial charge on any atom is -0.369 e. The monoisotopic (exact) mass is 408 g/mol. The normalized spacial score (nSPS) is 15.7. The fraction of sp³-hybridized carbons (Fsp3) is 0.417. The lowest BCUT2D eigenvalue weighted by molar-refractivity contribution is -0.118. The van der Waals surface area contributed by atoms with Crippen LogP contribution in [0.1, 0.15) is 29.8 Å². The Morgan fingerprint density at radius 2 is 1.63 bits per heavy atom. The van der Waals surface area contributed by atoms with Gasteiger partial charge in [0.1, 0.15) is 6.04 Å². The summed E-state index contributed by atoms with van der Waals surface area (Å²) in [7, 11) is 2.14. The van der Waals surface area contributed by atoms with Crippen molar-refractivity contribution in [2.24, 2.45) is 5.92 Å². The van der Waals surface area contributed by atoms with E-state index in [1.54, 1.807) is 12.1 Å². The Bertz CT molecular complexity index is 874. The average Bonchev–Trinajstić information content (AvgIpc) is 2.73. The number of likely N-dealkylation sites (N-methyl/N-ethyl adjacent to an activating group) is 1. The number of hydrogen-bond acceptors (Lipinski definition) is 4. The van der Waals surface area contributed by atoms with Crippen LogP contribution in [-0.4, -0.2) is 56.0 Å². The zero-order valence-electron chi connectivity index (χ0n) is 18.3. The van der Waals surface area contributed by atoms with Gasteiger partial charge < -0.3 is 20.4 Å². The number of nitrogens with zero attached hydrogens (tertiary/aromatic N) is 2. The third kappa shape index (κ3) is 5.39. The van der Waals surface area contributed by atoms with Gasteiger partial charge in [0.2, 0.25) is 5.91 Å². The fourth-order valence-corrected chi connectivity index (χ4v) is 3.70. The topological polar surface area (TPSA) is 64.7 Å². The number of rotatable bonds is 6. The van der Waals surface area contributed by atoms with Gasteiger partial charge in [0.25, 0.3) is 5.91 Å². The predicted molar refractivity (Wildman–Crippen MR) is 122 cm³/mol. The Kier molecular flexibility index (Phi) is 7.11. The van der Waals surface area contributed by atoms with E-state index >= 15 is 0 Å². The molecule has 2 amide bonds. The van der Waals surface area contributed by atoms with E-state index in [2.05, 4.69) is 40.5 Å². The molecule has 1 heterocycles. The van der Waals surface area contributed by atoms with Crippen molar-refractivity contribution in [2.75, 3.05) is 43.4 Å². The Hall–Kier alpha value is -2.86. The molecular weight excluding hydrogens is 376 g/mol. The first-order valence-electron chi connectivity index (χ1n) is 10.6. The average molecular weight is 409 g/mol. The van der Waals surface area contributed by atoms with Crippen molar-refractivity contribution in [1.82, 2.24) is 10.2 Å². The van der Waals surface area contributed by atoms with Gasteiger partial charge in [-0.2, -0.15) is 0 Å². The van der Waals surface area contributed by atoms with E-state index in [0.29, 0.717) is 5.56 Å². The number of hydrogen-bond donors (Lipinski definition) is 2. The third-order valence-electron chi connectivity index (χ3n) is 5.58. The Morgan fingerprint density at radius 1 is 0.967 bits per heavy atom. The second-order valence-electron chi connectivity index (χ2n) is 8.34. The summed E-state index contributed by atoms with van der Waals surface area (Å²) in [4.78, 5) is 30.1. The molecule has 1 unspecified atom stereocenters. The molecule has 30 heavy (non-hydrogen) atoms. The molecule has 160 valence electrons. The van der Waals surface area contributed by atoms with Crippen molar-refractivity contribution in [3.05, 3.63) is 59.7 Å². The van der Waals surface area contributed by atoms with Crippen molar-refractivity contribution < 1.29 is 9.59 Å². The molecule has 6 heteroatoms. The minimum atomic E-state index is -0.615. The quantitative estimate of drug-likeness (QED) is 0.771. The van der Waals surface area contributed by atoms with Gasteiger partial charge in [-0.05, 0) is 55.8 Å². The third-order valence-corrected chi connectivity index (χ3v) is 5.58. The van der Waals surface area contributed by atoms with E-state index in [1.807, 2.05) is 44.2 Å². The van der Waals surface area contributed by atoms with Crippen molar-refractivity contribution in [2.45, 2.75) is 26.8 Å². The van der Waals surface area contributed by atoms with Gasteiger partial charge in [-0.1, -0.05) is 32.0 Å². The molecule has 1 saturated heterocycles. The summed E-state index contributed by atoms with van der Waals surface area (Å²) in [6, 6.07) is 14.4. The maximum absolute atomic E-state index is 12.9. The lowest BCUT2D eigenvalue weighted by atomic mass is 10.0. The van der Waals surface area contributed by atoms with Crippen molar-refractivity contribution >= 4 is 23.2 Å². The maximum Gasteiger partial charge on any atom is 0.251 e. The number of piperazine rings is 1. The second kappa shape index (κ2) is 9.76. The highest BCUT2D eigenvalue weighted by Gasteiger charge is 2.25. The van der Waals surface area contributed by atoms with Gasteiger partial charge in [-0.25, -0.2) is 0 Å². The fourth-order valence-electron chi connectivity index (χ4n) is 3.70. The van der Waals surface area contributed by atoms with E-state index < -0.39 is 6.04 Å². The molecule has 0 saturated carbocycles. The van der Waals surface area contributed by atoms with Gasteiger partial charge in [-0.15, -0.1) is 0 Å². The van der Waals surface area contributed by atoms with Gasteiger partial charge >= 0.3 is 0 Å². The number of benzene rings is 2. The van der Waals surface area contributed by atoms with Gasteiger partial charge in [-0.3, -0.25) is 9.59 Å². The molecule has 1 aliphatic heterocycles. The van der Waals surface area contributed by atoms with E-state index in [1.165, 1.54) is 5.69 Å². The van der Waals surface area contributed by atoms with Crippen LogP contribution in [0.4, 0.5) is 11.4 Å². The molecule has 1 fully saturated rings.